The van der Waals surface area contributed by atoms with Crippen molar-refractivity contribution in [3.63, 3.8) is 0 Å². The third kappa shape index (κ3) is 2.95. The summed E-state index contributed by atoms with van der Waals surface area (Å²) < 4.78 is 5.72. The molecular formula is C17H23N3O. The van der Waals surface area contributed by atoms with Gasteiger partial charge in [-0.25, -0.2) is 0 Å². The molecule has 1 aromatic heterocycles. The molecule has 1 aromatic carbocycles. The van der Waals surface area contributed by atoms with Crippen molar-refractivity contribution in [2.45, 2.75) is 52.2 Å². The molecule has 4 heteroatoms. The average Bonchev–Trinajstić information content (AvgIpc) is 2.98. The van der Waals surface area contributed by atoms with Gasteiger partial charge in [0.2, 0.25) is 0 Å². The molecule has 1 aliphatic rings. The normalized spacial score (nSPS) is 18.1. The Hall–Kier alpha value is -1.81. The Bertz CT molecular complexity index is 627. The molecule has 0 saturated heterocycles. The van der Waals surface area contributed by atoms with E-state index in [0.29, 0.717) is 12.1 Å². The summed E-state index contributed by atoms with van der Waals surface area (Å²) in [5.41, 5.74) is 3.59. The van der Waals surface area contributed by atoms with Crippen molar-refractivity contribution in [3.05, 3.63) is 41.8 Å². The topological polar surface area (TPSA) is 41.3 Å². The van der Waals surface area contributed by atoms with Gasteiger partial charge in [0.1, 0.15) is 6.26 Å². The van der Waals surface area contributed by atoms with Crippen molar-refractivity contribution in [1.82, 2.24) is 10.3 Å². The molecule has 0 saturated carbocycles. The van der Waals surface area contributed by atoms with Crippen molar-refractivity contribution >= 4 is 11.7 Å². The number of rotatable bonds is 3. The Morgan fingerprint density at radius 1 is 1.33 bits per heavy atom. The molecule has 21 heavy (non-hydrogen) atoms. The lowest BCUT2D eigenvalue weighted by molar-refractivity contribution is 0.421. The smallest absolute Gasteiger partial charge is 0.302 e. The number of para-hydroxylation sites is 1. The van der Waals surface area contributed by atoms with Gasteiger partial charge in [0.25, 0.3) is 0 Å². The minimum absolute atomic E-state index is 0.0760. The third-order valence-corrected chi connectivity index (χ3v) is 3.75. The van der Waals surface area contributed by atoms with Crippen molar-refractivity contribution in [2.75, 3.05) is 4.90 Å². The van der Waals surface area contributed by atoms with Gasteiger partial charge >= 0.3 is 6.01 Å². The molecule has 2 aromatic rings. The van der Waals surface area contributed by atoms with Crippen LogP contribution in [0.2, 0.25) is 0 Å². The summed E-state index contributed by atoms with van der Waals surface area (Å²) in [6.07, 6.45) is 2.79. The van der Waals surface area contributed by atoms with Crippen molar-refractivity contribution in [2.24, 2.45) is 0 Å². The summed E-state index contributed by atoms with van der Waals surface area (Å²) in [6, 6.07) is 9.54. The van der Waals surface area contributed by atoms with Gasteiger partial charge in [-0.05, 0) is 45.7 Å². The van der Waals surface area contributed by atoms with Gasteiger partial charge in [-0.2, -0.15) is 4.98 Å². The van der Waals surface area contributed by atoms with Gasteiger partial charge in [0, 0.05) is 23.8 Å². The van der Waals surface area contributed by atoms with Crippen LogP contribution in [0, 0.1) is 0 Å². The van der Waals surface area contributed by atoms with E-state index in [1.807, 2.05) is 0 Å². The predicted octanol–water partition coefficient (Wildman–Crippen LogP) is 3.65. The second-order valence-electron chi connectivity index (χ2n) is 6.78. The van der Waals surface area contributed by atoms with Gasteiger partial charge in [-0.3, -0.25) is 4.90 Å². The number of fused-ring (bicyclic) bond motifs is 1. The number of aromatic nitrogens is 1. The van der Waals surface area contributed by atoms with Crippen molar-refractivity contribution in [1.29, 1.82) is 0 Å². The highest BCUT2D eigenvalue weighted by atomic mass is 16.4. The lowest BCUT2D eigenvalue weighted by atomic mass is 10.1. The highest BCUT2D eigenvalue weighted by Gasteiger charge is 2.30. The number of benzene rings is 1. The van der Waals surface area contributed by atoms with Gasteiger partial charge in [-0.1, -0.05) is 18.2 Å². The molecule has 1 unspecified atom stereocenters. The van der Waals surface area contributed by atoms with Crippen LogP contribution in [0.3, 0.4) is 0 Å². The maximum Gasteiger partial charge on any atom is 0.302 e. The largest absolute Gasteiger partial charge is 0.431 e. The fourth-order valence-electron chi connectivity index (χ4n) is 2.70. The molecule has 1 N–H and O–H groups in total. The first-order chi connectivity index (χ1) is 9.94. The van der Waals surface area contributed by atoms with E-state index in [2.05, 4.69) is 67.2 Å². The van der Waals surface area contributed by atoms with Crippen molar-refractivity contribution < 1.29 is 4.42 Å². The Balaban J connectivity index is 1.80. The zero-order valence-electron chi connectivity index (χ0n) is 13.2. The fourth-order valence-corrected chi connectivity index (χ4v) is 2.70. The highest BCUT2D eigenvalue weighted by Crippen LogP contribution is 2.37. The highest BCUT2D eigenvalue weighted by molar-refractivity contribution is 5.66. The molecule has 2 heterocycles. The van der Waals surface area contributed by atoms with Crippen LogP contribution in [-0.2, 0) is 13.0 Å². The zero-order valence-corrected chi connectivity index (χ0v) is 13.2. The zero-order chi connectivity index (χ0) is 15.0. The molecule has 0 radical (unpaired) electrons. The molecule has 1 aliphatic heterocycles. The van der Waals surface area contributed by atoms with Crippen LogP contribution in [-0.4, -0.2) is 16.6 Å². The minimum atomic E-state index is 0.0760. The van der Waals surface area contributed by atoms with Gasteiger partial charge in [0.15, 0.2) is 0 Å². The van der Waals surface area contributed by atoms with Crippen LogP contribution in [0.15, 0.2) is 34.9 Å². The number of anilines is 2. The fraction of sp³-hybridized carbons (Fsp3) is 0.471. The summed E-state index contributed by atoms with van der Waals surface area (Å²) in [5, 5.41) is 3.43. The van der Waals surface area contributed by atoms with E-state index in [1.165, 1.54) is 11.3 Å². The average molecular weight is 285 g/mol. The van der Waals surface area contributed by atoms with E-state index < -0.39 is 0 Å². The van der Waals surface area contributed by atoms with E-state index in [9.17, 15) is 0 Å². The molecule has 0 bridgehead atoms. The first-order valence-corrected chi connectivity index (χ1v) is 7.50. The molecule has 0 aliphatic carbocycles. The monoisotopic (exact) mass is 285 g/mol. The standard InChI is InChI=1S/C17H23N3O/c1-12-9-13-7-5-6-8-15(13)20(12)16-19-14(11-21-16)10-18-17(2,3)4/h5-8,11-12,18H,9-10H2,1-4H3. The minimum Gasteiger partial charge on any atom is -0.431 e. The maximum absolute atomic E-state index is 5.72. The van der Waals surface area contributed by atoms with Crippen LogP contribution in [0.5, 0.6) is 0 Å². The van der Waals surface area contributed by atoms with Crippen LogP contribution < -0.4 is 10.2 Å². The number of hydrogen-bond donors (Lipinski definition) is 1. The van der Waals surface area contributed by atoms with E-state index >= 15 is 0 Å². The van der Waals surface area contributed by atoms with Gasteiger partial charge in [-0.15, -0.1) is 0 Å². The Morgan fingerprint density at radius 3 is 2.86 bits per heavy atom. The van der Waals surface area contributed by atoms with E-state index in [-0.39, 0.29) is 5.54 Å². The van der Waals surface area contributed by atoms with Gasteiger partial charge in [0.05, 0.1) is 5.69 Å². The molecule has 3 rings (SSSR count). The third-order valence-electron chi connectivity index (χ3n) is 3.75. The SMILES string of the molecule is CC1Cc2ccccc2N1c1nc(CNC(C)(C)C)co1. The Labute approximate surface area is 126 Å². The number of hydrogen-bond acceptors (Lipinski definition) is 4. The number of oxazole rings is 1. The lowest BCUT2D eigenvalue weighted by Crippen LogP contribution is -2.35. The summed E-state index contributed by atoms with van der Waals surface area (Å²) in [5.74, 6) is 0. The van der Waals surface area contributed by atoms with Crippen LogP contribution in [0.1, 0.15) is 39.0 Å². The second-order valence-corrected chi connectivity index (χ2v) is 6.78. The molecule has 112 valence electrons. The summed E-state index contributed by atoms with van der Waals surface area (Å²) in [7, 11) is 0. The molecule has 4 nitrogen and oxygen atoms in total. The van der Waals surface area contributed by atoms with E-state index in [0.717, 1.165) is 18.7 Å². The van der Waals surface area contributed by atoms with E-state index in [4.69, 9.17) is 4.42 Å². The molecule has 0 fully saturated rings. The number of nitrogens with zero attached hydrogens (tertiary/aromatic N) is 2. The van der Waals surface area contributed by atoms with E-state index in [1.54, 1.807) is 6.26 Å². The van der Waals surface area contributed by atoms with Crippen LogP contribution in [0.25, 0.3) is 0 Å². The Morgan fingerprint density at radius 2 is 2.10 bits per heavy atom. The molecule has 0 spiro atoms. The molecule has 0 amide bonds. The summed E-state index contributed by atoms with van der Waals surface area (Å²) in [6.45, 7) is 9.36. The maximum atomic E-state index is 5.72. The van der Waals surface area contributed by atoms with Gasteiger partial charge < -0.3 is 9.73 Å². The number of nitrogens with one attached hydrogen (secondary N) is 1. The molecule has 1 atom stereocenters. The first kappa shape index (κ1) is 14.1. The summed E-state index contributed by atoms with van der Waals surface area (Å²) in [4.78, 5) is 6.83. The lowest BCUT2D eigenvalue weighted by Gasteiger charge is -2.20. The second kappa shape index (κ2) is 5.19. The summed E-state index contributed by atoms with van der Waals surface area (Å²) >= 11 is 0. The quantitative estimate of drug-likeness (QED) is 0.934. The molecular weight excluding hydrogens is 262 g/mol. The Kier molecular flexibility index (Phi) is 3.49. The van der Waals surface area contributed by atoms with Crippen LogP contribution >= 0.6 is 0 Å². The van der Waals surface area contributed by atoms with Crippen molar-refractivity contribution in [3.8, 4) is 0 Å². The van der Waals surface area contributed by atoms with Crippen LogP contribution in [0.4, 0.5) is 11.7 Å². The predicted molar refractivity (Wildman–Crippen MR) is 84.8 cm³/mol. The first-order valence-electron chi connectivity index (χ1n) is 7.50.